The monoisotopic (exact) mass is 392 g/mol. The van der Waals surface area contributed by atoms with Gasteiger partial charge in [0.15, 0.2) is 0 Å². The number of hydrogen-bond acceptors (Lipinski definition) is 4. The molecule has 106 valence electrons. The maximum Gasteiger partial charge on any atom is 0.322 e. The van der Waals surface area contributed by atoms with Crippen LogP contribution in [0.3, 0.4) is 0 Å². The van der Waals surface area contributed by atoms with E-state index in [1.807, 2.05) is 6.07 Å². The molecular weight excluding hydrogens is 376 g/mol. The number of nitrogens with zero attached hydrogens (tertiary/aromatic N) is 1. The molecule has 1 N–H and O–H groups in total. The van der Waals surface area contributed by atoms with E-state index in [1.165, 1.54) is 7.11 Å². The van der Waals surface area contributed by atoms with Gasteiger partial charge in [-0.2, -0.15) is 0 Å². The quantitative estimate of drug-likeness (QED) is 0.753. The van der Waals surface area contributed by atoms with Crippen molar-refractivity contribution in [1.29, 1.82) is 0 Å². The van der Waals surface area contributed by atoms with Crippen molar-refractivity contribution < 1.29 is 9.53 Å². The molecule has 0 spiro atoms. The Hall–Kier alpha value is -0.460. The minimum Gasteiger partial charge on any atom is -0.468 e. The standard InChI is InChI=1S/C13H18Br2N2O2/c1-8(2)4-11(13(18)19-3)17-7-12-10(15)5-9(14)6-16-12/h5-6,8,11,17H,4,7H2,1-3H3. The van der Waals surface area contributed by atoms with E-state index in [-0.39, 0.29) is 12.0 Å². The van der Waals surface area contributed by atoms with Crippen LogP contribution in [0.25, 0.3) is 0 Å². The zero-order valence-corrected chi connectivity index (χ0v) is 14.4. The average molecular weight is 394 g/mol. The van der Waals surface area contributed by atoms with Crippen molar-refractivity contribution in [3.8, 4) is 0 Å². The molecule has 0 aliphatic rings. The molecule has 1 atom stereocenters. The number of carbonyl (C=O) groups is 1. The lowest BCUT2D eigenvalue weighted by atomic mass is 10.0. The number of methoxy groups -OCH3 is 1. The molecule has 0 aromatic carbocycles. The van der Waals surface area contributed by atoms with Crippen molar-refractivity contribution in [3.63, 3.8) is 0 Å². The highest BCUT2D eigenvalue weighted by Gasteiger charge is 2.20. The fourth-order valence-electron chi connectivity index (χ4n) is 1.67. The van der Waals surface area contributed by atoms with Crippen molar-refractivity contribution >= 4 is 37.8 Å². The molecule has 0 amide bonds. The predicted octanol–water partition coefficient (Wildman–Crippen LogP) is 3.28. The number of aromatic nitrogens is 1. The van der Waals surface area contributed by atoms with Gasteiger partial charge in [-0.15, -0.1) is 0 Å². The lowest BCUT2D eigenvalue weighted by Crippen LogP contribution is -2.38. The third-order valence-corrected chi connectivity index (χ3v) is 3.71. The molecule has 6 heteroatoms. The first kappa shape index (κ1) is 16.6. The SMILES string of the molecule is COC(=O)C(CC(C)C)NCc1ncc(Br)cc1Br. The third kappa shape index (κ3) is 5.58. The summed E-state index contributed by atoms with van der Waals surface area (Å²) in [6.07, 6.45) is 2.47. The predicted molar refractivity (Wildman–Crippen MR) is 81.7 cm³/mol. The van der Waals surface area contributed by atoms with E-state index in [4.69, 9.17) is 4.74 Å². The maximum absolute atomic E-state index is 11.7. The summed E-state index contributed by atoms with van der Waals surface area (Å²) in [6, 6.07) is 1.63. The van der Waals surface area contributed by atoms with Crippen molar-refractivity contribution in [1.82, 2.24) is 10.3 Å². The van der Waals surface area contributed by atoms with Crippen molar-refractivity contribution in [3.05, 3.63) is 26.9 Å². The number of pyridine rings is 1. The van der Waals surface area contributed by atoms with Gasteiger partial charge in [0.2, 0.25) is 0 Å². The molecule has 1 aromatic heterocycles. The summed E-state index contributed by atoms with van der Waals surface area (Å²) < 4.78 is 6.63. The first-order chi connectivity index (χ1) is 8.93. The van der Waals surface area contributed by atoms with Crippen molar-refractivity contribution in [2.24, 2.45) is 5.92 Å². The average Bonchev–Trinajstić information content (AvgIpc) is 2.34. The highest BCUT2D eigenvalue weighted by Crippen LogP contribution is 2.19. The second-order valence-corrected chi connectivity index (χ2v) is 6.44. The third-order valence-electron chi connectivity index (χ3n) is 2.59. The molecule has 1 unspecified atom stereocenters. The molecule has 1 heterocycles. The Morgan fingerprint density at radius 2 is 2.16 bits per heavy atom. The van der Waals surface area contributed by atoms with Gasteiger partial charge in [0.05, 0.1) is 12.8 Å². The van der Waals surface area contributed by atoms with Crippen LogP contribution in [0.5, 0.6) is 0 Å². The Kier molecular flexibility index (Phi) is 6.96. The highest BCUT2D eigenvalue weighted by molar-refractivity contribution is 9.11. The molecule has 0 aliphatic heterocycles. The van der Waals surface area contributed by atoms with Crippen LogP contribution in [-0.4, -0.2) is 24.1 Å². The number of nitrogens with one attached hydrogen (secondary N) is 1. The van der Waals surface area contributed by atoms with E-state index in [9.17, 15) is 4.79 Å². The van der Waals surface area contributed by atoms with Crippen LogP contribution >= 0.6 is 31.9 Å². The fourth-order valence-corrected chi connectivity index (χ4v) is 2.80. The number of ether oxygens (including phenoxy) is 1. The highest BCUT2D eigenvalue weighted by atomic mass is 79.9. The van der Waals surface area contributed by atoms with Gasteiger partial charge in [-0.3, -0.25) is 15.1 Å². The van der Waals surface area contributed by atoms with Crippen LogP contribution in [0.15, 0.2) is 21.2 Å². The Morgan fingerprint density at radius 1 is 1.47 bits per heavy atom. The summed E-state index contributed by atoms with van der Waals surface area (Å²) in [5.74, 6) is 0.180. The van der Waals surface area contributed by atoms with Gasteiger partial charge in [-0.25, -0.2) is 0 Å². The zero-order chi connectivity index (χ0) is 14.4. The summed E-state index contributed by atoms with van der Waals surface area (Å²) in [6.45, 7) is 4.66. The molecule has 1 rings (SSSR count). The van der Waals surface area contributed by atoms with Gasteiger partial charge in [0.25, 0.3) is 0 Å². The van der Waals surface area contributed by atoms with Gasteiger partial charge in [0.1, 0.15) is 6.04 Å². The van der Waals surface area contributed by atoms with E-state index in [0.29, 0.717) is 12.5 Å². The fraction of sp³-hybridized carbons (Fsp3) is 0.538. The first-order valence-electron chi connectivity index (χ1n) is 6.05. The summed E-state index contributed by atoms with van der Waals surface area (Å²) in [5, 5.41) is 3.20. The minimum atomic E-state index is -0.303. The van der Waals surface area contributed by atoms with E-state index >= 15 is 0 Å². The van der Waals surface area contributed by atoms with Crippen LogP contribution in [0.1, 0.15) is 26.0 Å². The molecular formula is C13H18Br2N2O2. The van der Waals surface area contributed by atoms with E-state index in [1.54, 1.807) is 6.20 Å². The minimum absolute atomic E-state index is 0.234. The Bertz CT molecular complexity index is 439. The van der Waals surface area contributed by atoms with E-state index < -0.39 is 0 Å². The molecule has 0 aliphatic carbocycles. The zero-order valence-electron chi connectivity index (χ0n) is 11.2. The Morgan fingerprint density at radius 3 is 2.68 bits per heavy atom. The summed E-state index contributed by atoms with van der Waals surface area (Å²) >= 11 is 6.81. The second-order valence-electron chi connectivity index (χ2n) is 4.67. The van der Waals surface area contributed by atoms with Gasteiger partial charge in [0, 0.05) is 21.7 Å². The van der Waals surface area contributed by atoms with Crippen LogP contribution in [-0.2, 0) is 16.1 Å². The molecule has 0 bridgehead atoms. The molecule has 0 saturated carbocycles. The largest absolute Gasteiger partial charge is 0.468 e. The second kappa shape index (κ2) is 7.97. The van der Waals surface area contributed by atoms with Gasteiger partial charge < -0.3 is 4.74 Å². The Labute approximate surface area is 130 Å². The smallest absolute Gasteiger partial charge is 0.322 e. The van der Waals surface area contributed by atoms with E-state index in [0.717, 1.165) is 21.1 Å². The number of carbonyl (C=O) groups excluding carboxylic acids is 1. The van der Waals surface area contributed by atoms with Gasteiger partial charge in [-0.1, -0.05) is 13.8 Å². The Balaban J connectivity index is 2.67. The maximum atomic E-state index is 11.7. The number of rotatable bonds is 6. The lowest BCUT2D eigenvalue weighted by Gasteiger charge is -2.18. The summed E-state index contributed by atoms with van der Waals surface area (Å²) in [5.41, 5.74) is 0.862. The van der Waals surface area contributed by atoms with Gasteiger partial charge >= 0.3 is 5.97 Å². The van der Waals surface area contributed by atoms with Crippen LogP contribution in [0.4, 0.5) is 0 Å². The first-order valence-corrected chi connectivity index (χ1v) is 7.63. The van der Waals surface area contributed by atoms with Gasteiger partial charge in [-0.05, 0) is 50.3 Å². The molecule has 0 fully saturated rings. The normalized spacial score (nSPS) is 12.5. The topological polar surface area (TPSA) is 51.2 Å². The number of esters is 1. The van der Waals surface area contributed by atoms with Crippen molar-refractivity contribution in [2.45, 2.75) is 32.9 Å². The van der Waals surface area contributed by atoms with Crippen LogP contribution in [0, 0.1) is 5.92 Å². The van der Waals surface area contributed by atoms with Crippen LogP contribution in [0.2, 0.25) is 0 Å². The molecule has 0 saturated heterocycles. The summed E-state index contributed by atoms with van der Waals surface area (Å²) in [4.78, 5) is 16.0. The molecule has 4 nitrogen and oxygen atoms in total. The molecule has 1 aromatic rings. The van der Waals surface area contributed by atoms with E-state index in [2.05, 4.69) is 56.0 Å². The molecule has 0 radical (unpaired) electrons. The summed E-state index contributed by atoms with van der Waals surface area (Å²) in [7, 11) is 1.41. The lowest BCUT2D eigenvalue weighted by molar-refractivity contribution is -0.143. The number of halogens is 2. The van der Waals surface area contributed by atoms with Crippen molar-refractivity contribution in [2.75, 3.05) is 7.11 Å². The van der Waals surface area contributed by atoms with Crippen LogP contribution < -0.4 is 5.32 Å². The number of hydrogen-bond donors (Lipinski definition) is 1. The molecule has 19 heavy (non-hydrogen) atoms.